The van der Waals surface area contributed by atoms with Gasteiger partial charge in [0.1, 0.15) is 11.5 Å². The molecular formula is C11H12O2. The van der Waals surface area contributed by atoms with Crippen molar-refractivity contribution in [1.29, 1.82) is 0 Å². The van der Waals surface area contributed by atoms with Crippen molar-refractivity contribution in [3.63, 3.8) is 0 Å². The number of hydrogen-bond donors (Lipinski definition) is 0. The van der Waals surface area contributed by atoms with Crippen LogP contribution in [0.5, 0.6) is 0 Å². The highest BCUT2D eigenvalue weighted by Gasteiger charge is 2.33. The zero-order valence-corrected chi connectivity index (χ0v) is 7.62. The lowest BCUT2D eigenvalue weighted by molar-refractivity contribution is -0.120. The molecule has 0 aromatic carbocycles. The molecule has 0 radical (unpaired) electrons. The molecule has 1 saturated carbocycles. The number of ether oxygens (including phenoxy) is 1. The summed E-state index contributed by atoms with van der Waals surface area (Å²) in [6.45, 7) is 0. The molecule has 2 heteroatoms. The summed E-state index contributed by atoms with van der Waals surface area (Å²) in [5.74, 6) is 0.963. The molecule has 13 heavy (non-hydrogen) atoms. The van der Waals surface area contributed by atoms with Crippen molar-refractivity contribution in [3.8, 4) is 0 Å². The van der Waals surface area contributed by atoms with E-state index in [0.717, 1.165) is 12.2 Å². The lowest BCUT2D eigenvalue weighted by atomic mass is 10.00. The van der Waals surface area contributed by atoms with E-state index in [2.05, 4.69) is 0 Å². The standard InChI is InChI=1S/C11H12O2/c1-13-10-5-3-2-4-8-6-7-9(12)11(8)10/h2-5,11H,6-7H2,1H3/t11-/m0/s1. The Morgan fingerprint density at radius 1 is 1.31 bits per heavy atom. The van der Waals surface area contributed by atoms with E-state index < -0.39 is 0 Å². The summed E-state index contributed by atoms with van der Waals surface area (Å²) in [4.78, 5) is 11.5. The van der Waals surface area contributed by atoms with Gasteiger partial charge in [0.05, 0.1) is 13.0 Å². The molecule has 0 aromatic rings. The lowest BCUT2D eigenvalue weighted by Crippen LogP contribution is -2.12. The van der Waals surface area contributed by atoms with Gasteiger partial charge in [-0.3, -0.25) is 4.79 Å². The van der Waals surface area contributed by atoms with Crippen LogP contribution in [-0.2, 0) is 9.53 Å². The van der Waals surface area contributed by atoms with E-state index in [1.807, 2.05) is 24.3 Å². The first-order valence-corrected chi connectivity index (χ1v) is 4.47. The average molecular weight is 176 g/mol. The van der Waals surface area contributed by atoms with Crippen LogP contribution in [0.15, 0.2) is 35.6 Å². The van der Waals surface area contributed by atoms with Gasteiger partial charge in [-0.25, -0.2) is 0 Å². The number of hydrogen-bond acceptors (Lipinski definition) is 2. The van der Waals surface area contributed by atoms with Gasteiger partial charge < -0.3 is 4.74 Å². The first-order chi connectivity index (χ1) is 6.33. The van der Waals surface area contributed by atoms with E-state index in [1.54, 1.807) is 7.11 Å². The molecule has 1 atom stereocenters. The molecule has 2 rings (SSSR count). The molecule has 0 bridgehead atoms. The minimum Gasteiger partial charge on any atom is -0.500 e. The van der Waals surface area contributed by atoms with E-state index in [4.69, 9.17) is 4.74 Å². The van der Waals surface area contributed by atoms with Crippen molar-refractivity contribution in [2.24, 2.45) is 5.92 Å². The summed E-state index contributed by atoms with van der Waals surface area (Å²) in [5.41, 5.74) is 1.19. The predicted molar refractivity (Wildman–Crippen MR) is 50.0 cm³/mol. The van der Waals surface area contributed by atoms with Crippen LogP contribution >= 0.6 is 0 Å². The number of fused-ring (bicyclic) bond motifs is 1. The monoisotopic (exact) mass is 176 g/mol. The van der Waals surface area contributed by atoms with Crippen molar-refractivity contribution >= 4 is 5.78 Å². The first-order valence-electron chi connectivity index (χ1n) is 4.47. The maximum atomic E-state index is 11.5. The molecule has 0 heterocycles. The third-order valence-corrected chi connectivity index (χ3v) is 2.55. The van der Waals surface area contributed by atoms with Gasteiger partial charge in [-0.15, -0.1) is 0 Å². The third kappa shape index (κ3) is 1.32. The molecule has 2 aliphatic rings. The number of allylic oxidation sites excluding steroid dienone is 5. The quantitative estimate of drug-likeness (QED) is 0.610. The van der Waals surface area contributed by atoms with Gasteiger partial charge in [0.25, 0.3) is 0 Å². The van der Waals surface area contributed by atoms with Gasteiger partial charge in [-0.1, -0.05) is 23.8 Å². The highest BCUT2D eigenvalue weighted by molar-refractivity contribution is 5.89. The summed E-state index contributed by atoms with van der Waals surface area (Å²) in [7, 11) is 1.62. The minimum absolute atomic E-state index is 0.0972. The van der Waals surface area contributed by atoms with E-state index in [-0.39, 0.29) is 11.7 Å². The maximum Gasteiger partial charge on any atom is 0.147 e. The molecule has 0 amide bonds. The Morgan fingerprint density at radius 2 is 2.08 bits per heavy atom. The van der Waals surface area contributed by atoms with Crippen LogP contribution in [0.4, 0.5) is 0 Å². The normalized spacial score (nSPS) is 26.2. The second-order valence-electron chi connectivity index (χ2n) is 3.30. The topological polar surface area (TPSA) is 26.3 Å². The number of methoxy groups -OCH3 is 1. The second kappa shape index (κ2) is 3.21. The van der Waals surface area contributed by atoms with E-state index in [9.17, 15) is 4.79 Å². The molecule has 0 saturated heterocycles. The fraction of sp³-hybridized carbons (Fsp3) is 0.364. The third-order valence-electron chi connectivity index (χ3n) is 2.55. The van der Waals surface area contributed by atoms with E-state index in [1.165, 1.54) is 5.57 Å². The van der Waals surface area contributed by atoms with Gasteiger partial charge in [0.2, 0.25) is 0 Å². The zero-order chi connectivity index (χ0) is 9.26. The number of ketones is 1. The Bertz CT molecular complexity index is 321. The highest BCUT2D eigenvalue weighted by Crippen LogP contribution is 2.34. The Balaban J connectivity index is 2.40. The van der Waals surface area contributed by atoms with E-state index >= 15 is 0 Å². The van der Waals surface area contributed by atoms with Gasteiger partial charge in [-0.05, 0) is 12.5 Å². The molecule has 0 spiro atoms. The number of rotatable bonds is 1. The summed E-state index contributed by atoms with van der Waals surface area (Å²) in [5, 5.41) is 0. The summed E-state index contributed by atoms with van der Waals surface area (Å²) >= 11 is 0. The van der Waals surface area contributed by atoms with E-state index in [0.29, 0.717) is 6.42 Å². The molecule has 0 aromatic heterocycles. The van der Waals surface area contributed by atoms with Crippen molar-refractivity contribution < 1.29 is 9.53 Å². The molecule has 68 valence electrons. The van der Waals surface area contributed by atoms with Crippen LogP contribution in [0.25, 0.3) is 0 Å². The van der Waals surface area contributed by atoms with Gasteiger partial charge in [0, 0.05) is 6.42 Å². The zero-order valence-electron chi connectivity index (χ0n) is 7.62. The van der Waals surface area contributed by atoms with Crippen LogP contribution in [0.1, 0.15) is 12.8 Å². The Labute approximate surface area is 77.6 Å². The van der Waals surface area contributed by atoms with Crippen molar-refractivity contribution in [1.82, 2.24) is 0 Å². The average Bonchev–Trinajstić information content (AvgIpc) is 2.39. The van der Waals surface area contributed by atoms with Crippen molar-refractivity contribution in [3.05, 3.63) is 35.6 Å². The Morgan fingerprint density at radius 3 is 2.85 bits per heavy atom. The molecular weight excluding hydrogens is 164 g/mol. The molecule has 1 fully saturated rings. The van der Waals surface area contributed by atoms with Gasteiger partial charge in [-0.2, -0.15) is 0 Å². The fourth-order valence-electron chi connectivity index (χ4n) is 1.90. The molecule has 2 aliphatic carbocycles. The molecule has 0 N–H and O–H groups in total. The van der Waals surface area contributed by atoms with Gasteiger partial charge >= 0.3 is 0 Å². The SMILES string of the molecule is COC1=CC=CC=C2CCC(=O)[C@H]21. The highest BCUT2D eigenvalue weighted by atomic mass is 16.5. The Hall–Kier alpha value is -1.31. The lowest BCUT2D eigenvalue weighted by Gasteiger charge is -2.12. The van der Waals surface area contributed by atoms with Crippen LogP contribution in [0.3, 0.4) is 0 Å². The summed E-state index contributed by atoms with van der Waals surface area (Å²) < 4.78 is 5.20. The second-order valence-corrected chi connectivity index (χ2v) is 3.30. The first kappa shape index (κ1) is 8.30. The largest absolute Gasteiger partial charge is 0.500 e. The van der Waals surface area contributed by atoms with Crippen LogP contribution in [0.2, 0.25) is 0 Å². The number of carbonyl (C=O) groups is 1. The van der Waals surface area contributed by atoms with Crippen molar-refractivity contribution in [2.75, 3.05) is 7.11 Å². The van der Waals surface area contributed by atoms with Crippen LogP contribution in [-0.4, -0.2) is 12.9 Å². The summed E-state index contributed by atoms with van der Waals surface area (Å²) in [6.07, 6.45) is 9.32. The summed E-state index contributed by atoms with van der Waals surface area (Å²) in [6, 6.07) is 0. The van der Waals surface area contributed by atoms with Crippen molar-refractivity contribution in [2.45, 2.75) is 12.8 Å². The smallest absolute Gasteiger partial charge is 0.147 e. The molecule has 0 aliphatic heterocycles. The maximum absolute atomic E-state index is 11.5. The fourth-order valence-corrected chi connectivity index (χ4v) is 1.90. The predicted octanol–water partition coefficient (Wildman–Crippen LogP) is 1.99. The molecule has 2 nitrogen and oxygen atoms in total. The van der Waals surface area contributed by atoms with Crippen LogP contribution in [0, 0.1) is 5.92 Å². The number of carbonyl (C=O) groups excluding carboxylic acids is 1. The van der Waals surface area contributed by atoms with Gasteiger partial charge in [0.15, 0.2) is 0 Å². The van der Waals surface area contributed by atoms with Crippen LogP contribution < -0.4 is 0 Å². The molecule has 0 unspecified atom stereocenters. The number of Topliss-reactive ketones (excluding diaryl/α,β-unsaturated/α-hetero) is 1. The Kier molecular flexibility index (Phi) is 2.05. The minimum atomic E-state index is -0.0972.